The summed E-state index contributed by atoms with van der Waals surface area (Å²) in [6, 6.07) is 0. The number of rotatable bonds is 3. The third kappa shape index (κ3) is 1.49. The van der Waals surface area contributed by atoms with Crippen molar-refractivity contribution >= 4 is 0 Å². The summed E-state index contributed by atoms with van der Waals surface area (Å²) in [5.74, 6) is 1.72. The van der Waals surface area contributed by atoms with Crippen molar-refractivity contribution in [2.24, 2.45) is 17.8 Å². The molecule has 2 heterocycles. The summed E-state index contributed by atoms with van der Waals surface area (Å²) in [5, 5.41) is 10.00. The number of aliphatic hydroxyl groups excluding tert-OH is 1. The van der Waals surface area contributed by atoms with Gasteiger partial charge in [0.25, 0.3) is 0 Å². The fourth-order valence-corrected chi connectivity index (χ4v) is 3.14. The van der Waals surface area contributed by atoms with E-state index in [1.54, 1.807) is 0 Å². The summed E-state index contributed by atoms with van der Waals surface area (Å²) >= 11 is 0. The van der Waals surface area contributed by atoms with Crippen molar-refractivity contribution in [3.05, 3.63) is 0 Å². The molecule has 0 aliphatic carbocycles. The molecular weight excluding hydrogens is 176 g/mol. The quantitative estimate of drug-likeness (QED) is 0.753. The van der Waals surface area contributed by atoms with Crippen LogP contribution in [-0.4, -0.2) is 23.4 Å². The van der Waals surface area contributed by atoms with E-state index in [0.29, 0.717) is 30.0 Å². The Bertz CT molecular complexity index is 202. The monoisotopic (exact) mass is 198 g/mol. The van der Waals surface area contributed by atoms with Crippen molar-refractivity contribution in [3.63, 3.8) is 0 Å². The molecule has 0 spiro atoms. The topological polar surface area (TPSA) is 29.5 Å². The summed E-state index contributed by atoms with van der Waals surface area (Å²) in [5.41, 5.74) is 0. The number of fused-ring (bicyclic) bond motifs is 2. The van der Waals surface area contributed by atoms with E-state index in [4.69, 9.17) is 4.74 Å². The first-order chi connectivity index (χ1) is 6.65. The van der Waals surface area contributed by atoms with E-state index >= 15 is 0 Å². The van der Waals surface area contributed by atoms with Crippen LogP contribution in [0.3, 0.4) is 0 Å². The Kier molecular flexibility index (Phi) is 2.85. The lowest BCUT2D eigenvalue weighted by Crippen LogP contribution is -2.36. The van der Waals surface area contributed by atoms with Gasteiger partial charge in [-0.1, -0.05) is 27.2 Å². The molecule has 0 amide bonds. The SMILES string of the molecule is CCCC(O)C1CC2OC1C(C)C2C. The first-order valence-corrected chi connectivity index (χ1v) is 5.98. The van der Waals surface area contributed by atoms with Crippen LogP contribution in [0.25, 0.3) is 0 Å². The molecule has 1 N–H and O–H groups in total. The van der Waals surface area contributed by atoms with Crippen LogP contribution in [0.1, 0.15) is 40.0 Å². The van der Waals surface area contributed by atoms with Crippen LogP contribution in [0.15, 0.2) is 0 Å². The first-order valence-electron chi connectivity index (χ1n) is 5.98. The molecule has 0 aromatic carbocycles. The van der Waals surface area contributed by atoms with Crippen LogP contribution in [0.2, 0.25) is 0 Å². The van der Waals surface area contributed by atoms with Gasteiger partial charge in [-0.15, -0.1) is 0 Å². The van der Waals surface area contributed by atoms with Gasteiger partial charge in [-0.2, -0.15) is 0 Å². The second-order valence-electron chi connectivity index (χ2n) is 5.11. The minimum absolute atomic E-state index is 0.134. The van der Waals surface area contributed by atoms with Crippen molar-refractivity contribution in [3.8, 4) is 0 Å². The van der Waals surface area contributed by atoms with E-state index in [9.17, 15) is 5.11 Å². The lowest BCUT2D eigenvalue weighted by Gasteiger charge is -2.31. The van der Waals surface area contributed by atoms with Gasteiger partial charge in [0.1, 0.15) is 0 Å². The summed E-state index contributed by atoms with van der Waals surface area (Å²) in [6.07, 6.45) is 3.70. The zero-order valence-electron chi connectivity index (χ0n) is 9.44. The van der Waals surface area contributed by atoms with Gasteiger partial charge < -0.3 is 9.84 Å². The van der Waals surface area contributed by atoms with Crippen molar-refractivity contribution in [2.45, 2.75) is 58.3 Å². The molecule has 2 saturated heterocycles. The van der Waals surface area contributed by atoms with E-state index in [1.807, 2.05) is 0 Å². The summed E-state index contributed by atoms with van der Waals surface area (Å²) in [7, 11) is 0. The van der Waals surface area contributed by atoms with Gasteiger partial charge in [-0.3, -0.25) is 0 Å². The van der Waals surface area contributed by atoms with Gasteiger partial charge in [0, 0.05) is 5.92 Å². The summed E-state index contributed by atoms with van der Waals surface area (Å²) < 4.78 is 5.92. The molecule has 14 heavy (non-hydrogen) atoms. The van der Waals surface area contributed by atoms with Crippen molar-refractivity contribution < 1.29 is 9.84 Å². The van der Waals surface area contributed by atoms with Crippen LogP contribution >= 0.6 is 0 Å². The zero-order chi connectivity index (χ0) is 10.3. The van der Waals surface area contributed by atoms with Crippen molar-refractivity contribution in [1.82, 2.24) is 0 Å². The number of ether oxygens (including phenoxy) is 1. The second kappa shape index (κ2) is 3.82. The smallest absolute Gasteiger partial charge is 0.0661 e. The molecule has 0 radical (unpaired) electrons. The Hall–Kier alpha value is -0.0800. The molecule has 2 fully saturated rings. The highest BCUT2D eigenvalue weighted by molar-refractivity contribution is 4.99. The molecule has 2 nitrogen and oxygen atoms in total. The minimum Gasteiger partial charge on any atom is -0.393 e. The summed E-state index contributed by atoms with van der Waals surface area (Å²) in [6.45, 7) is 6.67. The number of aliphatic hydroxyl groups is 1. The Morgan fingerprint density at radius 2 is 2.07 bits per heavy atom. The Morgan fingerprint density at radius 1 is 1.36 bits per heavy atom. The highest BCUT2D eigenvalue weighted by atomic mass is 16.5. The Balaban J connectivity index is 1.99. The minimum atomic E-state index is -0.134. The molecule has 2 heteroatoms. The third-order valence-corrected chi connectivity index (χ3v) is 4.27. The first kappa shape index (κ1) is 10.4. The Labute approximate surface area is 86.6 Å². The fraction of sp³-hybridized carbons (Fsp3) is 1.00. The standard InChI is InChI=1S/C12H22O2/c1-4-5-10(13)9-6-11-7(2)8(3)12(9)14-11/h7-13H,4-6H2,1-3H3. The molecule has 0 aromatic rings. The largest absolute Gasteiger partial charge is 0.393 e. The van der Waals surface area contributed by atoms with Gasteiger partial charge in [-0.05, 0) is 24.7 Å². The third-order valence-electron chi connectivity index (χ3n) is 4.27. The molecule has 2 bridgehead atoms. The predicted octanol–water partition coefficient (Wildman–Crippen LogP) is 2.21. The maximum Gasteiger partial charge on any atom is 0.0661 e. The van der Waals surface area contributed by atoms with E-state index < -0.39 is 0 Å². The number of hydrogen-bond acceptors (Lipinski definition) is 2. The van der Waals surface area contributed by atoms with E-state index in [2.05, 4.69) is 20.8 Å². The molecule has 2 aliphatic rings. The molecular formula is C12H22O2. The average Bonchev–Trinajstić information content (AvgIpc) is 2.68. The molecule has 2 aliphatic heterocycles. The lowest BCUT2D eigenvalue weighted by molar-refractivity contribution is 0.0235. The van der Waals surface area contributed by atoms with Crippen LogP contribution in [0, 0.1) is 17.8 Å². The van der Waals surface area contributed by atoms with Gasteiger partial charge >= 0.3 is 0 Å². The maximum absolute atomic E-state index is 10.00. The van der Waals surface area contributed by atoms with Crippen LogP contribution in [-0.2, 0) is 4.74 Å². The highest BCUT2D eigenvalue weighted by Gasteiger charge is 2.51. The Morgan fingerprint density at radius 3 is 2.57 bits per heavy atom. The molecule has 0 aromatic heterocycles. The molecule has 82 valence electrons. The lowest BCUT2D eigenvalue weighted by atomic mass is 9.73. The molecule has 0 saturated carbocycles. The van der Waals surface area contributed by atoms with Gasteiger partial charge in [-0.25, -0.2) is 0 Å². The molecule has 6 atom stereocenters. The predicted molar refractivity (Wildman–Crippen MR) is 56.0 cm³/mol. The summed E-state index contributed by atoms with van der Waals surface area (Å²) in [4.78, 5) is 0. The van der Waals surface area contributed by atoms with E-state index in [1.165, 1.54) is 0 Å². The van der Waals surface area contributed by atoms with Gasteiger partial charge in [0.15, 0.2) is 0 Å². The van der Waals surface area contributed by atoms with E-state index in [-0.39, 0.29) is 6.10 Å². The normalized spacial score (nSPS) is 48.4. The van der Waals surface area contributed by atoms with Gasteiger partial charge in [0.2, 0.25) is 0 Å². The molecule has 2 rings (SSSR count). The molecule has 6 unspecified atom stereocenters. The highest BCUT2D eigenvalue weighted by Crippen LogP contribution is 2.47. The zero-order valence-corrected chi connectivity index (χ0v) is 9.44. The van der Waals surface area contributed by atoms with Gasteiger partial charge in [0.05, 0.1) is 18.3 Å². The maximum atomic E-state index is 10.00. The van der Waals surface area contributed by atoms with E-state index in [0.717, 1.165) is 19.3 Å². The second-order valence-corrected chi connectivity index (χ2v) is 5.11. The van der Waals surface area contributed by atoms with Crippen LogP contribution < -0.4 is 0 Å². The number of hydrogen-bond donors (Lipinski definition) is 1. The fourth-order valence-electron chi connectivity index (χ4n) is 3.14. The van der Waals surface area contributed by atoms with Crippen molar-refractivity contribution in [2.75, 3.05) is 0 Å². The average molecular weight is 198 g/mol. The van der Waals surface area contributed by atoms with Crippen LogP contribution in [0.4, 0.5) is 0 Å². The van der Waals surface area contributed by atoms with Crippen LogP contribution in [0.5, 0.6) is 0 Å². The van der Waals surface area contributed by atoms with Crippen molar-refractivity contribution in [1.29, 1.82) is 0 Å².